The molecule has 1 amide bonds. The standard InChI is InChI=1S/C16H12Cl2N4O/c17-13-2-1-3-14(18)15(13)21-9-10(8-19)16(23)22-12-6-4-11(20)5-7-12/h1-7,9,21H,20H2,(H,22,23)/b10-9-. The van der Waals surface area contributed by atoms with Crippen LogP contribution in [-0.4, -0.2) is 5.91 Å². The number of carbonyl (C=O) groups excluding carboxylic acids is 1. The Morgan fingerprint density at radius 3 is 2.30 bits per heavy atom. The molecule has 7 heteroatoms. The van der Waals surface area contributed by atoms with Crippen molar-refractivity contribution in [1.29, 1.82) is 5.26 Å². The maximum absolute atomic E-state index is 12.1. The number of nitrogens with one attached hydrogen (secondary N) is 2. The van der Waals surface area contributed by atoms with Crippen LogP contribution < -0.4 is 16.4 Å². The monoisotopic (exact) mass is 346 g/mol. The minimum atomic E-state index is -0.562. The highest BCUT2D eigenvalue weighted by atomic mass is 35.5. The lowest BCUT2D eigenvalue weighted by Crippen LogP contribution is -2.14. The summed E-state index contributed by atoms with van der Waals surface area (Å²) in [5.41, 5.74) is 6.97. The second-order valence-corrected chi connectivity index (χ2v) is 5.30. The summed E-state index contributed by atoms with van der Waals surface area (Å²) < 4.78 is 0. The van der Waals surface area contributed by atoms with Gasteiger partial charge >= 0.3 is 0 Å². The summed E-state index contributed by atoms with van der Waals surface area (Å²) in [7, 11) is 0. The van der Waals surface area contributed by atoms with Crippen molar-refractivity contribution in [2.75, 3.05) is 16.4 Å². The van der Waals surface area contributed by atoms with E-state index >= 15 is 0 Å². The van der Waals surface area contributed by atoms with Gasteiger partial charge in [-0.25, -0.2) is 0 Å². The Bertz CT molecular complexity index is 774. The predicted octanol–water partition coefficient (Wildman–Crippen LogP) is 4.03. The Kier molecular flexibility index (Phi) is 5.47. The van der Waals surface area contributed by atoms with Crippen LogP contribution in [0.1, 0.15) is 0 Å². The Morgan fingerprint density at radius 2 is 1.74 bits per heavy atom. The van der Waals surface area contributed by atoms with Crippen LogP contribution in [0.2, 0.25) is 10.0 Å². The number of nitrogens with zero attached hydrogens (tertiary/aromatic N) is 1. The summed E-state index contributed by atoms with van der Waals surface area (Å²) in [6, 6.07) is 13.4. The topological polar surface area (TPSA) is 90.9 Å². The molecule has 0 radical (unpaired) electrons. The average molecular weight is 347 g/mol. The molecule has 2 aromatic rings. The molecule has 0 aromatic heterocycles. The molecule has 4 N–H and O–H groups in total. The Labute approximate surface area is 143 Å². The van der Waals surface area contributed by atoms with Crippen LogP contribution in [-0.2, 0) is 4.79 Å². The first-order chi connectivity index (χ1) is 11.0. The molecular formula is C16H12Cl2N4O. The molecule has 0 bridgehead atoms. The molecule has 0 aliphatic heterocycles. The lowest BCUT2D eigenvalue weighted by molar-refractivity contribution is -0.112. The molecule has 0 unspecified atom stereocenters. The van der Waals surface area contributed by atoms with E-state index in [-0.39, 0.29) is 5.57 Å². The van der Waals surface area contributed by atoms with Crippen molar-refractivity contribution in [1.82, 2.24) is 0 Å². The molecule has 0 spiro atoms. The normalized spacial score (nSPS) is 10.7. The fourth-order valence-electron chi connectivity index (χ4n) is 1.69. The van der Waals surface area contributed by atoms with Crippen molar-refractivity contribution in [2.45, 2.75) is 0 Å². The molecule has 0 aliphatic carbocycles. The number of amides is 1. The summed E-state index contributed by atoms with van der Waals surface area (Å²) in [5.74, 6) is -0.562. The number of rotatable bonds is 4. The van der Waals surface area contributed by atoms with Crippen molar-refractivity contribution >= 4 is 46.2 Å². The van der Waals surface area contributed by atoms with Crippen LogP contribution in [0.3, 0.4) is 0 Å². The fourth-order valence-corrected chi connectivity index (χ4v) is 2.20. The molecule has 5 nitrogen and oxygen atoms in total. The number of para-hydroxylation sites is 1. The second-order valence-electron chi connectivity index (χ2n) is 4.49. The van der Waals surface area contributed by atoms with Crippen LogP contribution in [0.5, 0.6) is 0 Å². The largest absolute Gasteiger partial charge is 0.399 e. The van der Waals surface area contributed by atoms with Gasteiger partial charge in [-0.1, -0.05) is 29.3 Å². The van der Waals surface area contributed by atoms with Gasteiger partial charge in [0.1, 0.15) is 11.6 Å². The smallest absolute Gasteiger partial charge is 0.267 e. The van der Waals surface area contributed by atoms with Gasteiger partial charge in [0.2, 0.25) is 0 Å². The minimum absolute atomic E-state index is 0.127. The molecule has 0 saturated heterocycles. The summed E-state index contributed by atoms with van der Waals surface area (Å²) in [6.07, 6.45) is 1.25. The third kappa shape index (κ3) is 4.39. The summed E-state index contributed by atoms with van der Waals surface area (Å²) >= 11 is 12.0. The molecular weight excluding hydrogens is 335 g/mol. The third-order valence-corrected chi connectivity index (χ3v) is 3.49. The van der Waals surface area contributed by atoms with Crippen molar-refractivity contribution in [3.63, 3.8) is 0 Å². The van der Waals surface area contributed by atoms with E-state index < -0.39 is 5.91 Å². The number of hydrogen-bond acceptors (Lipinski definition) is 4. The SMILES string of the molecule is N#C/C(=C/Nc1c(Cl)cccc1Cl)C(=O)Nc1ccc(N)cc1. The highest BCUT2D eigenvalue weighted by molar-refractivity contribution is 6.39. The number of carbonyl (C=O) groups is 1. The van der Waals surface area contributed by atoms with E-state index in [1.54, 1.807) is 42.5 Å². The summed E-state index contributed by atoms with van der Waals surface area (Å²) in [5, 5.41) is 15.3. The van der Waals surface area contributed by atoms with E-state index in [0.717, 1.165) is 0 Å². The molecule has 0 aliphatic rings. The van der Waals surface area contributed by atoms with Gasteiger partial charge in [-0.3, -0.25) is 4.79 Å². The van der Waals surface area contributed by atoms with E-state index in [1.165, 1.54) is 6.20 Å². The van der Waals surface area contributed by atoms with Crippen molar-refractivity contribution in [3.8, 4) is 6.07 Å². The Hall–Kier alpha value is -2.68. The minimum Gasteiger partial charge on any atom is -0.399 e. The number of anilines is 3. The third-order valence-electron chi connectivity index (χ3n) is 2.86. The molecule has 0 heterocycles. The fraction of sp³-hybridized carbons (Fsp3) is 0. The molecule has 0 atom stereocenters. The zero-order chi connectivity index (χ0) is 16.8. The van der Waals surface area contributed by atoms with Crippen molar-refractivity contribution in [2.24, 2.45) is 0 Å². The van der Waals surface area contributed by atoms with E-state index in [4.69, 9.17) is 34.2 Å². The lowest BCUT2D eigenvalue weighted by Gasteiger charge is -2.08. The van der Waals surface area contributed by atoms with Crippen molar-refractivity contribution < 1.29 is 4.79 Å². The number of nitrogen functional groups attached to an aromatic ring is 1. The highest BCUT2D eigenvalue weighted by Gasteiger charge is 2.10. The van der Waals surface area contributed by atoms with Gasteiger partial charge in [-0.05, 0) is 36.4 Å². The van der Waals surface area contributed by atoms with E-state index in [1.807, 2.05) is 6.07 Å². The Balaban J connectivity index is 2.14. The van der Waals surface area contributed by atoms with Gasteiger partial charge < -0.3 is 16.4 Å². The van der Waals surface area contributed by atoms with Gasteiger partial charge in [-0.2, -0.15) is 5.26 Å². The maximum Gasteiger partial charge on any atom is 0.267 e. The molecule has 116 valence electrons. The number of benzene rings is 2. The number of halogens is 2. The predicted molar refractivity (Wildman–Crippen MR) is 93.3 cm³/mol. The van der Waals surface area contributed by atoms with E-state index in [9.17, 15) is 4.79 Å². The van der Waals surface area contributed by atoms with E-state index in [2.05, 4.69) is 10.6 Å². The van der Waals surface area contributed by atoms with Crippen LogP contribution >= 0.6 is 23.2 Å². The van der Waals surface area contributed by atoms with Gasteiger partial charge in [0, 0.05) is 17.6 Å². The van der Waals surface area contributed by atoms with Crippen LogP contribution in [0.4, 0.5) is 17.1 Å². The number of nitrogens with two attached hydrogens (primary N) is 1. The van der Waals surface area contributed by atoms with E-state index in [0.29, 0.717) is 27.1 Å². The maximum atomic E-state index is 12.1. The first-order valence-electron chi connectivity index (χ1n) is 6.49. The average Bonchev–Trinajstić information content (AvgIpc) is 2.52. The molecule has 2 rings (SSSR count). The van der Waals surface area contributed by atoms with Crippen LogP contribution in [0.25, 0.3) is 0 Å². The quantitative estimate of drug-likeness (QED) is 0.442. The number of hydrogen-bond donors (Lipinski definition) is 3. The number of nitriles is 1. The Morgan fingerprint density at radius 1 is 1.13 bits per heavy atom. The summed E-state index contributed by atoms with van der Waals surface area (Å²) in [4.78, 5) is 12.1. The van der Waals surface area contributed by atoms with Gasteiger partial charge in [0.05, 0.1) is 15.7 Å². The van der Waals surface area contributed by atoms with Gasteiger partial charge in [0.15, 0.2) is 0 Å². The second kappa shape index (κ2) is 7.54. The zero-order valence-corrected chi connectivity index (χ0v) is 13.3. The zero-order valence-electron chi connectivity index (χ0n) is 11.8. The van der Waals surface area contributed by atoms with Crippen molar-refractivity contribution in [3.05, 3.63) is 64.3 Å². The first-order valence-corrected chi connectivity index (χ1v) is 7.24. The summed E-state index contributed by atoms with van der Waals surface area (Å²) in [6.45, 7) is 0. The van der Waals surface area contributed by atoms with Crippen LogP contribution in [0.15, 0.2) is 54.2 Å². The first kappa shape index (κ1) is 16.7. The van der Waals surface area contributed by atoms with Crippen LogP contribution in [0, 0.1) is 11.3 Å². The lowest BCUT2D eigenvalue weighted by atomic mass is 10.2. The molecule has 0 saturated carbocycles. The van der Waals surface area contributed by atoms with Gasteiger partial charge in [0.25, 0.3) is 5.91 Å². The van der Waals surface area contributed by atoms with Gasteiger partial charge in [-0.15, -0.1) is 0 Å². The molecule has 2 aromatic carbocycles. The highest BCUT2D eigenvalue weighted by Crippen LogP contribution is 2.29. The molecule has 23 heavy (non-hydrogen) atoms. The molecule has 0 fully saturated rings.